The lowest BCUT2D eigenvalue weighted by Gasteiger charge is -2.09. The highest BCUT2D eigenvalue weighted by molar-refractivity contribution is 5.90. The fraction of sp³-hybridized carbons (Fsp3) is 0.136. The van der Waals surface area contributed by atoms with E-state index in [1.165, 1.54) is 17.7 Å². The number of allylic oxidation sites excluding steroid dienone is 1. The molecule has 0 amide bonds. The average Bonchev–Trinajstić information content (AvgIpc) is 2.88. The molecule has 0 aliphatic heterocycles. The maximum atomic E-state index is 13.5. The number of rotatable bonds is 4. The van der Waals surface area contributed by atoms with Crippen LogP contribution in [0.2, 0.25) is 0 Å². The molecule has 124 valence electrons. The summed E-state index contributed by atoms with van der Waals surface area (Å²) in [5.74, 6) is -0.340. The van der Waals surface area contributed by atoms with Crippen molar-refractivity contribution in [2.45, 2.75) is 20.4 Å². The van der Waals surface area contributed by atoms with Gasteiger partial charge in [-0.05, 0) is 54.8 Å². The van der Waals surface area contributed by atoms with Gasteiger partial charge >= 0.3 is 0 Å². The summed E-state index contributed by atoms with van der Waals surface area (Å²) in [5, 5.41) is 9.49. The van der Waals surface area contributed by atoms with Crippen LogP contribution in [0.4, 0.5) is 4.39 Å². The topological polar surface area (TPSA) is 28.7 Å². The highest BCUT2D eigenvalue weighted by Crippen LogP contribution is 2.23. The molecule has 0 fully saturated rings. The molecule has 0 saturated heterocycles. The molecule has 0 N–H and O–H groups in total. The summed E-state index contributed by atoms with van der Waals surface area (Å²) in [7, 11) is 0. The van der Waals surface area contributed by atoms with Crippen LogP contribution >= 0.6 is 0 Å². The normalized spacial score (nSPS) is 11.4. The van der Waals surface area contributed by atoms with Crippen molar-refractivity contribution >= 4 is 11.6 Å². The van der Waals surface area contributed by atoms with E-state index in [9.17, 15) is 9.65 Å². The van der Waals surface area contributed by atoms with Gasteiger partial charge in [0.05, 0.1) is 11.6 Å². The van der Waals surface area contributed by atoms with Crippen LogP contribution in [0, 0.1) is 31.0 Å². The van der Waals surface area contributed by atoms with Crippen LogP contribution in [0.15, 0.2) is 60.7 Å². The molecule has 0 aliphatic carbocycles. The van der Waals surface area contributed by atoms with Gasteiger partial charge in [0.2, 0.25) is 0 Å². The predicted octanol–water partition coefficient (Wildman–Crippen LogP) is 5.36. The number of aromatic nitrogens is 1. The van der Waals surface area contributed by atoms with Crippen molar-refractivity contribution < 1.29 is 4.39 Å². The second kappa shape index (κ2) is 7.19. The number of hydrogen-bond donors (Lipinski definition) is 0. The Hall–Kier alpha value is -3.12. The first kappa shape index (κ1) is 16.7. The van der Waals surface area contributed by atoms with E-state index < -0.39 is 0 Å². The number of halogens is 1. The van der Waals surface area contributed by atoms with Crippen LogP contribution < -0.4 is 0 Å². The first-order valence-electron chi connectivity index (χ1n) is 8.17. The largest absolute Gasteiger partial charge is 0.344 e. The minimum absolute atomic E-state index is 0.340. The molecule has 3 heteroatoms. The van der Waals surface area contributed by atoms with E-state index in [4.69, 9.17) is 0 Å². The van der Waals surface area contributed by atoms with Gasteiger partial charge in [-0.2, -0.15) is 5.26 Å². The standard InChI is InChI=1S/C22H19FN2/c1-16-11-20(12-21(14-24)19-9-6-10-22(23)13-19)17(2)25(16)15-18-7-4-3-5-8-18/h3-13H,15H2,1-2H3. The summed E-state index contributed by atoms with van der Waals surface area (Å²) in [6, 6.07) is 20.6. The van der Waals surface area contributed by atoms with E-state index in [0.29, 0.717) is 11.1 Å². The van der Waals surface area contributed by atoms with Gasteiger partial charge in [-0.25, -0.2) is 4.39 Å². The van der Waals surface area contributed by atoms with Crippen molar-refractivity contribution in [2.24, 2.45) is 0 Å². The molecule has 25 heavy (non-hydrogen) atoms. The minimum atomic E-state index is -0.340. The Morgan fingerprint density at radius 3 is 2.52 bits per heavy atom. The number of nitrogens with zero attached hydrogens (tertiary/aromatic N) is 2. The van der Waals surface area contributed by atoms with Gasteiger partial charge in [0.25, 0.3) is 0 Å². The summed E-state index contributed by atoms with van der Waals surface area (Å²) in [6.07, 6.45) is 1.83. The van der Waals surface area contributed by atoms with Crippen molar-refractivity contribution in [1.82, 2.24) is 4.57 Å². The van der Waals surface area contributed by atoms with Crippen molar-refractivity contribution in [3.63, 3.8) is 0 Å². The Bertz CT molecular complexity index is 959. The first-order chi connectivity index (χ1) is 12.1. The molecule has 1 aromatic heterocycles. The Balaban J connectivity index is 1.98. The second-order valence-electron chi connectivity index (χ2n) is 6.08. The molecule has 3 aromatic rings. The Kier molecular flexibility index (Phi) is 4.81. The van der Waals surface area contributed by atoms with Gasteiger partial charge in [0, 0.05) is 17.9 Å². The third kappa shape index (κ3) is 3.70. The zero-order valence-corrected chi connectivity index (χ0v) is 14.3. The van der Waals surface area contributed by atoms with E-state index in [2.05, 4.69) is 35.8 Å². The number of benzene rings is 2. The van der Waals surface area contributed by atoms with Gasteiger partial charge in [-0.1, -0.05) is 42.5 Å². The fourth-order valence-electron chi connectivity index (χ4n) is 2.97. The molecule has 0 atom stereocenters. The average molecular weight is 330 g/mol. The molecule has 1 heterocycles. The second-order valence-corrected chi connectivity index (χ2v) is 6.08. The molecular weight excluding hydrogens is 311 g/mol. The first-order valence-corrected chi connectivity index (χ1v) is 8.17. The van der Waals surface area contributed by atoms with E-state index in [-0.39, 0.29) is 5.82 Å². The summed E-state index contributed by atoms with van der Waals surface area (Å²) in [5.41, 5.74) is 5.48. The van der Waals surface area contributed by atoms with Crippen LogP contribution in [-0.2, 0) is 6.54 Å². The zero-order chi connectivity index (χ0) is 17.8. The molecule has 0 unspecified atom stereocenters. The lowest BCUT2D eigenvalue weighted by atomic mass is 10.0. The molecule has 0 radical (unpaired) electrons. The lowest BCUT2D eigenvalue weighted by Crippen LogP contribution is -2.03. The maximum absolute atomic E-state index is 13.5. The summed E-state index contributed by atoms with van der Waals surface area (Å²) in [6.45, 7) is 4.89. The highest BCUT2D eigenvalue weighted by atomic mass is 19.1. The Morgan fingerprint density at radius 1 is 1.08 bits per heavy atom. The third-order valence-corrected chi connectivity index (χ3v) is 4.35. The molecule has 0 saturated carbocycles. The van der Waals surface area contributed by atoms with Crippen molar-refractivity contribution in [1.29, 1.82) is 5.26 Å². The molecule has 0 bridgehead atoms. The van der Waals surface area contributed by atoms with Crippen LogP contribution in [0.1, 0.15) is 28.1 Å². The highest BCUT2D eigenvalue weighted by Gasteiger charge is 2.10. The molecule has 2 aromatic carbocycles. The van der Waals surface area contributed by atoms with Crippen LogP contribution in [-0.4, -0.2) is 4.57 Å². The quantitative estimate of drug-likeness (QED) is 0.592. The number of aryl methyl sites for hydroxylation is 1. The SMILES string of the molecule is Cc1cc(C=C(C#N)c2cccc(F)c2)c(C)n1Cc1ccccc1. The van der Waals surface area contributed by atoms with E-state index in [1.807, 2.05) is 31.2 Å². The van der Waals surface area contributed by atoms with Gasteiger partial charge < -0.3 is 4.57 Å². The Labute approximate surface area is 147 Å². The van der Waals surface area contributed by atoms with Crippen LogP contribution in [0.25, 0.3) is 11.6 Å². The summed E-state index contributed by atoms with van der Waals surface area (Å²) < 4.78 is 15.7. The number of nitriles is 1. The summed E-state index contributed by atoms with van der Waals surface area (Å²) >= 11 is 0. The molecule has 3 rings (SSSR count). The molecular formula is C22H19FN2. The predicted molar refractivity (Wildman–Crippen MR) is 99.3 cm³/mol. The lowest BCUT2D eigenvalue weighted by molar-refractivity contribution is 0.627. The fourth-order valence-corrected chi connectivity index (χ4v) is 2.97. The minimum Gasteiger partial charge on any atom is -0.344 e. The zero-order valence-electron chi connectivity index (χ0n) is 14.3. The maximum Gasteiger partial charge on any atom is 0.123 e. The van der Waals surface area contributed by atoms with E-state index >= 15 is 0 Å². The smallest absolute Gasteiger partial charge is 0.123 e. The van der Waals surface area contributed by atoms with Crippen molar-refractivity contribution in [2.75, 3.05) is 0 Å². The summed E-state index contributed by atoms with van der Waals surface area (Å²) in [4.78, 5) is 0. The number of hydrogen-bond acceptors (Lipinski definition) is 1. The van der Waals surface area contributed by atoms with Gasteiger partial charge in [0.15, 0.2) is 0 Å². The molecule has 0 aliphatic rings. The van der Waals surface area contributed by atoms with E-state index in [1.54, 1.807) is 12.1 Å². The Morgan fingerprint density at radius 2 is 1.84 bits per heavy atom. The van der Waals surface area contributed by atoms with Crippen molar-refractivity contribution in [3.8, 4) is 6.07 Å². The van der Waals surface area contributed by atoms with Crippen molar-refractivity contribution in [3.05, 3.63) is 94.6 Å². The third-order valence-electron chi connectivity index (χ3n) is 4.35. The van der Waals surface area contributed by atoms with Gasteiger partial charge in [-0.15, -0.1) is 0 Å². The van der Waals surface area contributed by atoms with Gasteiger partial charge in [-0.3, -0.25) is 0 Å². The van der Waals surface area contributed by atoms with E-state index in [0.717, 1.165) is 23.5 Å². The van der Waals surface area contributed by atoms with Crippen LogP contribution in [0.5, 0.6) is 0 Å². The molecule has 2 nitrogen and oxygen atoms in total. The van der Waals surface area contributed by atoms with Crippen LogP contribution in [0.3, 0.4) is 0 Å². The monoisotopic (exact) mass is 330 g/mol. The molecule has 0 spiro atoms. The van der Waals surface area contributed by atoms with Gasteiger partial charge in [0.1, 0.15) is 5.82 Å².